The van der Waals surface area contributed by atoms with Gasteiger partial charge in [-0.05, 0) is 60.7 Å². The molecule has 0 amide bonds. The molecule has 7 heteroatoms. The van der Waals surface area contributed by atoms with E-state index >= 15 is 0 Å². The van der Waals surface area contributed by atoms with Crippen molar-refractivity contribution in [1.82, 2.24) is 9.55 Å². The molecule has 0 fully saturated rings. The fraction of sp³-hybridized carbons (Fsp3) is 0. The number of carboxylic acids is 1. The third kappa shape index (κ3) is 3.60. The number of nitrogens with zero attached hydrogens (tertiary/aromatic N) is 2. The lowest BCUT2D eigenvalue weighted by Crippen LogP contribution is -2.22. The van der Waals surface area contributed by atoms with Crippen LogP contribution in [0.25, 0.3) is 28.7 Å². The average Bonchev–Trinajstić information content (AvgIpc) is 2.73. The van der Waals surface area contributed by atoms with E-state index in [4.69, 9.17) is 5.11 Å². The van der Waals surface area contributed by atoms with Crippen molar-refractivity contribution in [2.75, 3.05) is 0 Å². The second-order valence-electron chi connectivity index (χ2n) is 6.48. The highest BCUT2D eigenvalue weighted by Crippen LogP contribution is 2.17. The molecule has 1 aromatic heterocycles. The molecule has 0 unspecified atom stereocenters. The summed E-state index contributed by atoms with van der Waals surface area (Å²) in [5.41, 5.74) is 0.711. The Morgan fingerprint density at radius 2 is 1.70 bits per heavy atom. The van der Waals surface area contributed by atoms with Gasteiger partial charge in [0, 0.05) is 11.6 Å². The van der Waals surface area contributed by atoms with Crippen molar-refractivity contribution in [3.05, 3.63) is 106 Å². The fourth-order valence-corrected chi connectivity index (χ4v) is 3.07. The number of carbonyl (C=O) groups is 1. The Balaban J connectivity index is 1.91. The third-order valence-electron chi connectivity index (χ3n) is 4.55. The number of halogens is 2. The monoisotopic (exact) mass is 404 g/mol. The van der Waals surface area contributed by atoms with E-state index in [2.05, 4.69) is 4.98 Å². The lowest BCUT2D eigenvalue weighted by Gasteiger charge is -2.12. The maximum atomic E-state index is 14.0. The zero-order valence-electron chi connectivity index (χ0n) is 15.4. The number of rotatable bonds is 4. The van der Waals surface area contributed by atoms with E-state index in [9.17, 15) is 18.4 Å². The molecule has 30 heavy (non-hydrogen) atoms. The van der Waals surface area contributed by atoms with Crippen LogP contribution in [-0.2, 0) is 0 Å². The maximum absolute atomic E-state index is 14.0. The van der Waals surface area contributed by atoms with Crippen LogP contribution < -0.4 is 5.56 Å². The average molecular weight is 404 g/mol. The predicted molar refractivity (Wildman–Crippen MR) is 110 cm³/mol. The normalized spacial score (nSPS) is 11.3. The van der Waals surface area contributed by atoms with Gasteiger partial charge in [0.05, 0.1) is 22.2 Å². The molecule has 0 radical (unpaired) electrons. The molecule has 0 spiro atoms. The SMILES string of the molecule is O=C(O)c1ccc(-n2c(/C=C/c3ccc(F)cc3F)nc3ccccc3c2=O)cc1. The summed E-state index contributed by atoms with van der Waals surface area (Å²) in [7, 11) is 0. The summed E-state index contributed by atoms with van der Waals surface area (Å²) in [5.74, 6) is -2.31. The molecule has 4 aromatic rings. The zero-order valence-corrected chi connectivity index (χ0v) is 15.4. The first-order valence-corrected chi connectivity index (χ1v) is 8.93. The van der Waals surface area contributed by atoms with Gasteiger partial charge in [-0.15, -0.1) is 0 Å². The van der Waals surface area contributed by atoms with Crippen LogP contribution in [0.2, 0.25) is 0 Å². The Hall–Kier alpha value is -4.13. The molecule has 1 N–H and O–H groups in total. The highest BCUT2D eigenvalue weighted by atomic mass is 19.1. The van der Waals surface area contributed by atoms with Gasteiger partial charge in [-0.3, -0.25) is 9.36 Å². The predicted octanol–water partition coefficient (Wildman–Crippen LogP) is 4.53. The van der Waals surface area contributed by atoms with Crippen LogP contribution in [0.4, 0.5) is 8.78 Å². The second kappa shape index (κ2) is 7.71. The summed E-state index contributed by atoms with van der Waals surface area (Å²) < 4.78 is 28.5. The number of aromatic carboxylic acids is 1. The van der Waals surface area contributed by atoms with Crippen LogP contribution in [-0.4, -0.2) is 20.6 Å². The highest BCUT2D eigenvalue weighted by Gasteiger charge is 2.12. The van der Waals surface area contributed by atoms with Crippen LogP contribution in [0.15, 0.2) is 71.5 Å². The van der Waals surface area contributed by atoms with Crippen molar-refractivity contribution < 1.29 is 18.7 Å². The standard InChI is InChI=1S/C23H14F2N2O3/c24-16-9-5-14(19(25)13-16)8-12-21-26-20-4-2-1-3-18(20)22(28)27(21)17-10-6-15(7-11-17)23(29)30/h1-13H,(H,29,30)/b12-8+. The van der Waals surface area contributed by atoms with Crippen LogP contribution in [0, 0.1) is 11.6 Å². The van der Waals surface area contributed by atoms with Crippen molar-refractivity contribution in [2.45, 2.75) is 0 Å². The molecule has 5 nitrogen and oxygen atoms in total. The van der Waals surface area contributed by atoms with Crippen molar-refractivity contribution >= 4 is 29.0 Å². The van der Waals surface area contributed by atoms with Gasteiger partial charge in [-0.1, -0.05) is 12.1 Å². The van der Waals surface area contributed by atoms with Crippen molar-refractivity contribution in [3.63, 3.8) is 0 Å². The van der Waals surface area contributed by atoms with E-state index in [0.29, 0.717) is 16.6 Å². The summed E-state index contributed by atoms with van der Waals surface area (Å²) in [6.45, 7) is 0. The van der Waals surface area contributed by atoms with E-state index in [1.165, 1.54) is 47.1 Å². The smallest absolute Gasteiger partial charge is 0.335 e. The van der Waals surface area contributed by atoms with E-state index in [0.717, 1.165) is 12.1 Å². The lowest BCUT2D eigenvalue weighted by atomic mass is 10.1. The van der Waals surface area contributed by atoms with E-state index in [1.54, 1.807) is 24.3 Å². The van der Waals surface area contributed by atoms with Gasteiger partial charge >= 0.3 is 5.97 Å². The van der Waals surface area contributed by atoms with Crippen LogP contribution in [0.3, 0.4) is 0 Å². The van der Waals surface area contributed by atoms with Crippen LogP contribution in [0.5, 0.6) is 0 Å². The molecule has 0 aliphatic heterocycles. The summed E-state index contributed by atoms with van der Waals surface area (Å²) >= 11 is 0. The number of fused-ring (bicyclic) bond motifs is 1. The topological polar surface area (TPSA) is 72.2 Å². The Kier molecular flexibility index (Phi) is 4.93. The molecular weight excluding hydrogens is 390 g/mol. The van der Waals surface area contributed by atoms with Gasteiger partial charge in [-0.25, -0.2) is 18.6 Å². The molecule has 3 aromatic carbocycles. The molecule has 148 valence electrons. The quantitative estimate of drug-likeness (QED) is 0.542. The largest absolute Gasteiger partial charge is 0.478 e. The maximum Gasteiger partial charge on any atom is 0.335 e. The fourth-order valence-electron chi connectivity index (χ4n) is 3.07. The summed E-state index contributed by atoms with van der Waals surface area (Å²) in [6.07, 6.45) is 2.85. The molecular formula is C23H14F2N2O3. The Labute approximate surface area is 169 Å². The van der Waals surface area contributed by atoms with Gasteiger partial charge in [0.2, 0.25) is 0 Å². The van der Waals surface area contributed by atoms with Gasteiger partial charge in [0.15, 0.2) is 0 Å². The first-order chi connectivity index (χ1) is 14.4. The Morgan fingerprint density at radius 3 is 2.40 bits per heavy atom. The lowest BCUT2D eigenvalue weighted by molar-refractivity contribution is 0.0697. The number of para-hydroxylation sites is 1. The molecule has 0 atom stereocenters. The second-order valence-corrected chi connectivity index (χ2v) is 6.48. The van der Waals surface area contributed by atoms with Crippen molar-refractivity contribution in [2.24, 2.45) is 0 Å². The minimum Gasteiger partial charge on any atom is -0.478 e. The number of benzene rings is 3. The molecule has 0 saturated carbocycles. The molecule has 0 saturated heterocycles. The minimum atomic E-state index is -1.09. The molecule has 0 bridgehead atoms. The Bertz CT molecular complexity index is 1360. The zero-order chi connectivity index (χ0) is 21.3. The van der Waals surface area contributed by atoms with Gasteiger partial charge in [0.1, 0.15) is 17.5 Å². The number of hydrogen-bond donors (Lipinski definition) is 1. The third-order valence-corrected chi connectivity index (χ3v) is 4.55. The van der Waals surface area contributed by atoms with E-state index in [-0.39, 0.29) is 22.5 Å². The van der Waals surface area contributed by atoms with Gasteiger partial charge in [0.25, 0.3) is 5.56 Å². The van der Waals surface area contributed by atoms with E-state index < -0.39 is 17.6 Å². The molecule has 0 aliphatic rings. The Morgan fingerprint density at radius 1 is 0.967 bits per heavy atom. The van der Waals surface area contributed by atoms with Gasteiger partial charge in [-0.2, -0.15) is 0 Å². The number of carboxylic acid groups (broad SMARTS) is 1. The van der Waals surface area contributed by atoms with Crippen molar-refractivity contribution in [3.8, 4) is 5.69 Å². The summed E-state index contributed by atoms with van der Waals surface area (Å²) in [4.78, 5) is 28.8. The minimum absolute atomic E-state index is 0.0750. The summed E-state index contributed by atoms with van der Waals surface area (Å²) in [5, 5.41) is 9.48. The van der Waals surface area contributed by atoms with Crippen molar-refractivity contribution in [1.29, 1.82) is 0 Å². The van der Waals surface area contributed by atoms with Gasteiger partial charge < -0.3 is 5.11 Å². The first-order valence-electron chi connectivity index (χ1n) is 8.93. The van der Waals surface area contributed by atoms with E-state index in [1.807, 2.05) is 0 Å². The molecule has 1 heterocycles. The first kappa shape index (κ1) is 19.2. The number of hydrogen-bond acceptors (Lipinski definition) is 3. The number of aromatic nitrogens is 2. The van der Waals surface area contributed by atoms with Crippen LogP contribution >= 0.6 is 0 Å². The highest BCUT2D eigenvalue weighted by molar-refractivity contribution is 5.88. The molecule has 4 rings (SSSR count). The summed E-state index contributed by atoms with van der Waals surface area (Å²) in [6, 6.07) is 15.7. The van der Waals surface area contributed by atoms with Crippen LogP contribution in [0.1, 0.15) is 21.7 Å². The molecule has 0 aliphatic carbocycles.